The number of nitrogens with one attached hydrogen (secondary N) is 1. The van der Waals surface area contributed by atoms with Gasteiger partial charge < -0.3 is 9.26 Å². The highest BCUT2D eigenvalue weighted by Gasteiger charge is 2.14. The largest absolute Gasteiger partial charge is 0.362 e. The molecule has 3 aromatic rings. The average molecular weight is 386 g/mol. The summed E-state index contributed by atoms with van der Waals surface area (Å²) in [5, 5.41) is 8.85. The molecule has 0 aliphatic rings. The number of anilines is 1. The van der Waals surface area contributed by atoms with Gasteiger partial charge in [-0.25, -0.2) is 4.98 Å². The Morgan fingerprint density at radius 1 is 1.22 bits per heavy atom. The van der Waals surface area contributed by atoms with E-state index in [1.165, 1.54) is 16.9 Å². The maximum absolute atomic E-state index is 12.0. The zero-order chi connectivity index (χ0) is 19.4. The van der Waals surface area contributed by atoms with Crippen LogP contribution < -0.4 is 5.32 Å². The molecular weight excluding hydrogens is 364 g/mol. The van der Waals surface area contributed by atoms with E-state index in [-0.39, 0.29) is 24.5 Å². The van der Waals surface area contributed by atoms with Crippen molar-refractivity contribution in [3.63, 3.8) is 0 Å². The molecule has 0 bridgehead atoms. The van der Waals surface area contributed by atoms with Crippen molar-refractivity contribution in [3.05, 3.63) is 46.9 Å². The lowest BCUT2D eigenvalue weighted by molar-refractivity contribution is -0.121. The number of nitrogens with zero attached hydrogens (tertiary/aromatic N) is 3. The van der Waals surface area contributed by atoms with Gasteiger partial charge in [0.25, 0.3) is 11.8 Å². The summed E-state index contributed by atoms with van der Waals surface area (Å²) in [5.41, 5.74) is 3.23. The highest BCUT2D eigenvalue weighted by Crippen LogP contribution is 2.28. The molecule has 27 heavy (non-hydrogen) atoms. The molecule has 0 saturated carbocycles. The van der Waals surface area contributed by atoms with Crippen molar-refractivity contribution in [2.45, 2.75) is 39.7 Å². The number of aryl methyl sites for hydroxylation is 1. The number of rotatable bonds is 6. The Balaban J connectivity index is 1.53. The molecule has 2 aromatic heterocycles. The van der Waals surface area contributed by atoms with Crippen molar-refractivity contribution in [2.75, 3.05) is 11.9 Å². The molecule has 1 N–H and O–H groups in total. The van der Waals surface area contributed by atoms with E-state index in [1.54, 1.807) is 6.92 Å². The van der Waals surface area contributed by atoms with Crippen LogP contribution in [-0.2, 0) is 21.6 Å². The normalized spacial score (nSPS) is 11.6. The van der Waals surface area contributed by atoms with Crippen LogP contribution in [0.15, 0.2) is 34.2 Å². The number of hydrogen-bond donors (Lipinski definition) is 1. The van der Waals surface area contributed by atoms with Gasteiger partial charge in [0.1, 0.15) is 13.2 Å². The lowest BCUT2D eigenvalue weighted by Crippen LogP contribution is -2.18. The summed E-state index contributed by atoms with van der Waals surface area (Å²) < 4.78 is 10.2. The minimum Gasteiger partial charge on any atom is -0.362 e. The average Bonchev–Trinajstić information content (AvgIpc) is 3.23. The fourth-order valence-electron chi connectivity index (χ4n) is 2.39. The van der Waals surface area contributed by atoms with E-state index in [0.717, 1.165) is 11.3 Å². The van der Waals surface area contributed by atoms with E-state index < -0.39 is 0 Å². The molecular formula is C19H22N4O3S. The van der Waals surface area contributed by atoms with Crippen LogP contribution in [0.25, 0.3) is 11.3 Å². The summed E-state index contributed by atoms with van der Waals surface area (Å²) in [6.45, 7) is 8.24. The molecule has 2 heterocycles. The van der Waals surface area contributed by atoms with Crippen molar-refractivity contribution in [3.8, 4) is 11.3 Å². The zero-order valence-electron chi connectivity index (χ0n) is 15.8. The summed E-state index contributed by atoms with van der Waals surface area (Å²) in [4.78, 5) is 20.4. The summed E-state index contributed by atoms with van der Waals surface area (Å²) in [6, 6.07) is 8.33. The lowest BCUT2D eigenvalue weighted by Gasteiger charge is -2.18. The highest BCUT2D eigenvalue weighted by molar-refractivity contribution is 7.14. The number of carbonyl (C=O) groups excluding carboxylic acids is 1. The molecule has 0 atom stereocenters. The molecule has 0 fully saturated rings. The molecule has 0 unspecified atom stereocenters. The third kappa shape index (κ3) is 5.21. The first-order valence-corrected chi connectivity index (χ1v) is 9.42. The Morgan fingerprint density at radius 2 is 1.96 bits per heavy atom. The first-order chi connectivity index (χ1) is 12.8. The van der Waals surface area contributed by atoms with Crippen LogP contribution in [0.4, 0.5) is 5.13 Å². The number of ether oxygens (including phenoxy) is 1. The van der Waals surface area contributed by atoms with Crippen LogP contribution in [0.5, 0.6) is 0 Å². The zero-order valence-corrected chi connectivity index (χ0v) is 16.6. The van der Waals surface area contributed by atoms with Crippen LogP contribution in [-0.4, -0.2) is 27.6 Å². The van der Waals surface area contributed by atoms with Gasteiger partial charge in [0.15, 0.2) is 11.0 Å². The molecule has 0 spiro atoms. The maximum atomic E-state index is 12.0. The SMILES string of the molecule is Cc1noc(COCC(=O)Nc2nc(-c3ccc(C(C)(C)C)cc3)cs2)n1. The third-order valence-electron chi connectivity index (χ3n) is 3.83. The maximum Gasteiger partial charge on any atom is 0.252 e. The molecule has 8 heteroatoms. The Morgan fingerprint density at radius 3 is 2.59 bits per heavy atom. The predicted molar refractivity (Wildman–Crippen MR) is 104 cm³/mol. The van der Waals surface area contributed by atoms with Crippen LogP contribution in [0, 0.1) is 6.92 Å². The highest BCUT2D eigenvalue weighted by atomic mass is 32.1. The Kier molecular flexibility index (Phi) is 5.67. The first-order valence-electron chi connectivity index (χ1n) is 8.54. The smallest absolute Gasteiger partial charge is 0.252 e. The number of benzene rings is 1. The predicted octanol–water partition coefficient (Wildman–Crippen LogP) is 3.95. The standard InChI is InChI=1S/C19H22N4O3S/c1-12-20-17(26-23-12)10-25-9-16(24)22-18-21-15(11-27-18)13-5-7-14(8-6-13)19(2,3)4/h5-8,11H,9-10H2,1-4H3,(H,21,22,24). The molecule has 1 amide bonds. The third-order valence-corrected chi connectivity index (χ3v) is 4.58. The van der Waals surface area contributed by atoms with E-state index in [1.807, 2.05) is 5.38 Å². The van der Waals surface area contributed by atoms with Crippen LogP contribution in [0.2, 0.25) is 0 Å². The molecule has 3 rings (SSSR count). The monoisotopic (exact) mass is 386 g/mol. The fraction of sp³-hybridized carbons (Fsp3) is 0.368. The number of carbonyl (C=O) groups is 1. The van der Waals surface area contributed by atoms with Gasteiger partial charge in [-0.1, -0.05) is 50.2 Å². The van der Waals surface area contributed by atoms with E-state index >= 15 is 0 Å². The van der Waals surface area contributed by atoms with Crippen LogP contribution >= 0.6 is 11.3 Å². The molecule has 1 aromatic carbocycles. The van der Waals surface area contributed by atoms with Gasteiger partial charge in [0.05, 0.1) is 5.69 Å². The second-order valence-corrected chi connectivity index (χ2v) is 8.00. The van der Waals surface area contributed by atoms with Crippen molar-refractivity contribution < 1.29 is 14.1 Å². The fourth-order valence-corrected chi connectivity index (χ4v) is 3.13. The van der Waals surface area contributed by atoms with Gasteiger partial charge in [-0.3, -0.25) is 10.1 Å². The lowest BCUT2D eigenvalue weighted by atomic mass is 9.86. The molecule has 7 nitrogen and oxygen atoms in total. The Hall–Kier alpha value is -2.58. The van der Waals surface area contributed by atoms with Crippen molar-refractivity contribution in [2.24, 2.45) is 0 Å². The summed E-state index contributed by atoms with van der Waals surface area (Å²) in [6.07, 6.45) is 0. The van der Waals surface area contributed by atoms with E-state index in [2.05, 4.69) is 65.5 Å². The number of aromatic nitrogens is 3. The molecule has 0 aliphatic heterocycles. The van der Waals surface area contributed by atoms with Crippen LogP contribution in [0.1, 0.15) is 38.0 Å². The number of hydrogen-bond acceptors (Lipinski definition) is 7. The Bertz CT molecular complexity index is 910. The van der Waals surface area contributed by atoms with Gasteiger partial charge in [-0.15, -0.1) is 11.3 Å². The van der Waals surface area contributed by atoms with Gasteiger partial charge in [-0.2, -0.15) is 4.98 Å². The summed E-state index contributed by atoms with van der Waals surface area (Å²) in [5.74, 6) is 0.592. The van der Waals surface area contributed by atoms with Gasteiger partial charge in [-0.05, 0) is 17.9 Å². The second-order valence-electron chi connectivity index (χ2n) is 7.14. The van der Waals surface area contributed by atoms with Crippen molar-refractivity contribution >= 4 is 22.4 Å². The molecule has 0 saturated heterocycles. The molecule has 0 radical (unpaired) electrons. The first kappa shape index (κ1) is 19.2. The van der Waals surface area contributed by atoms with Crippen LogP contribution in [0.3, 0.4) is 0 Å². The summed E-state index contributed by atoms with van der Waals surface area (Å²) in [7, 11) is 0. The van der Waals surface area contributed by atoms with E-state index in [4.69, 9.17) is 9.26 Å². The van der Waals surface area contributed by atoms with Crippen molar-refractivity contribution in [1.82, 2.24) is 15.1 Å². The molecule has 142 valence electrons. The van der Waals surface area contributed by atoms with Gasteiger partial charge in [0.2, 0.25) is 0 Å². The van der Waals surface area contributed by atoms with Gasteiger partial charge >= 0.3 is 0 Å². The van der Waals surface area contributed by atoms with E-state index in [9.17, 15) is 4.79 Å². The van der Waals surface area contributed by atoms with E-state index in [0.29, 0.717) is 16.8 Å². The number of thiazole rings is 1. The minimum absolute atomic E-state index is 0.0947. The number of amides is 1. The minimum atomic E-state index is -0.282. The summed E-state index contributed by atoms with van der Waals surface area (Å²) >= 11 is 1.38. The van der Waals surface area contributed by atoms with Crippen molar-refractivity contribution in [1.29, 1.82) is 0 Å². The second kappa shape index (κ2) is 7.98. The Labute approximate surface area is 161 Å². The molecule has 0 aliphatic carbocycles. The van der Waals surface area contributed by atoms with Gasteiger partial charge in [0, 0.05) is 10.9 Å². The topological polar surface area (TPSA) is 90.1 Å². The quantitative estimate of drug-likeness (QED) is 0.690.